The third-order valence-corrected chi connectivity index (χ3v) is 6.74. The second kappa shape index (κ2) is 10.4. The van der Waals surface area contributed by atoms with E-state index in [1.165, 1.54) is 12.1 Å². The SMILES string of the molecule is O=C(/C=C/C1C(OC(=O)c2ccc(-c3ccccc3)cc2)CC2OC(=O)CC21)Oc1cccc(Cl)c1. The lowest BCUT2D eigenvalue weighted by atomic mass is 9.91. The molecule has 7 heteroatoms. The van der Waals surface area contributed by atoms with E-state index >= 15 is 0 Å². The molecule has 1 saturated carbocycles. The lowest BCUT2D eigenvalue weighted by Crippen LogP contribution is -2.25. The van der Waals surface area contributed by atoms with Gasteiger partial charge in [0.2, 0.25) is 0 Å². The maximum Gasteiger partial charge on any atom is 0.338 e. The highest BCUT2D eigenvalue weighted by Crippen LogP contribution is 2.43. The minimum Gasteiger partial charge on any atom is -0.462 e. The summed E-state index contributed by atoms with van der Waals surface area (Å²) in [5.41, 5.74) is 2.47. The van der Waals surface area contributed by atoms with Crippen LogP contribution in [0.1, 0.15) is 23.2 Å². The first-order chi connectivity index (χ1) is 17.5. The number of rotatable bonds is 6. The number of halogens is 1. The molecular weight excluding hydrogens is 480 g/mol. The summed E-state index contributed by atoms with van der Waals surface area (Å²) < 4.78 is 16.6. The zero-order valence-corrected chi connectivity index (χ0v) is 20.0. The summed E-state index contributed by atoms with van der Waals surface area (Å²) in [5.74, 6) is -1.56. The first-order valence-corrected chi connectivity index (χ1v) is 12.1. The molecule has 2 aliphatic rings. The lowest BCUT2D eigenvalue weighted by Gasteiger charge is -2.20. The molecule has 0 aromatic heterocycles. The molecule has 4 atom stereocenters. The molecular formula is C29H23ClO6. The molecule has 5 rings (SSSR count). The number of hydrogen-bond donors (Lipinski definition) is 0. The summed E-state index contributed by atoms with van der Waals surface area (Å²) in [6.07, 6.45) is 2.65. The van der Waals surface area contributed by atoms with Crippen molar-refractivity contribution in [2.24, 2.45) is 11.8 Å². The van der Waals surface area contributed by atoms with Crippen molar-refractivity contribution in [3.05, 3.63) is 102 Å². The minimum atomic E-state index is -0.590. The molecule has 1 aliphatic carbocycles. The zero-order valence-electron chi connectivity index (χ0n) is 19.2. The van der Waals surface area contributed by atoms with Crippen LogP contribution in [0, 0.1) is 11.8 Å². The largest absolute Gasteiger partial charge is 0.462 e. The van der Waals surface area contributed by atoms with Gasteiger partial charge in [-0.15, -0.1) is 0 Å². The number of benzene rings is 3. The van der Waals surface area contributed by atoms with Gasteiger partial charge in [-0.05, 0) is 41.5 Å². The maximum atomic E-state index is 12.9. The van der Waals surface area contributed by atoms with Gasteiger partial charge in [-0.3, -0.25) is 4.79 Å². The Hall–Kier alpha value is -3.90. The van der Waals surface area contributed by atoms with Crippen LogP contribution in [0.25, 0.3) is 11.1 Å². The normalized spacial score (nSPS) is 22.8. The van der Waals surface area contributed by atoms with Crippen molar-refractivity contribution in [2.75, 3.05) is 0 Å². The van der Waals surface area contributed by atoms with Crippen LogP contribution in [-0.4, -0.2) is 30.1 Å². The Balaban J connectivity index is 1.28. The first kappa shape index (κ1) is 23.8. The predicted molar refractivity (Wildman–Crippen MR) is 133 cm³/mol. The molecule has 0 spiro atoms. The Labute approximate surface area is 213 Å². The second-order valence-electron chi connectivity index (χ2n) is 8.83. The van der Waals surface area contributed by atoms with E-state index in [1.54, 1.807) is 36.4 Å². The summed E-state index contributed by atoms with van der Waals surface area (Å²) >= 11 is 5.94. The highest BCUT2D eigenvalue weighted by atomic mass is 35.5. The van der Waals surface area contributed by atoms with Crippen LogP contribution in [0.4, 0.5) is 0 Å². The topological polar surface area (TPSA) is 78.9 Å². The smallest absolute Gasteiger partial charge is 0.338 e. The van der Waals surface area contributed by atoms with Gasteiger partial charge in [-0.2, -0.15) is 0 Å². The summed E-state index contributed by atoms with van der Waals surface area (Å²) in [6, 6.07) is 23.6. The fourth-order valence-electron chi connectivity index (χ4n) is 4.80. The molecule has 1 aliphatic heterocycles. The molecule has 3 aromatic rings. The molecule has 4 unspecified atom stereocenters. The van der Waals surface area contributed by atoms with Gasteiger partial charge >= 0.3 is 17.9 Å². The maximum absolute atomic E-state index is 12.9. The van der Waals surface area contributed by atoms with Gasteiger partial charge in [-0.1, -0.05) is 66.2 Å². The van der Waals surface area contributed by atoms with Crippen LogP contribution >= 0.6 is 11.6 Å². The number of carbonyl (C=O) groups is 3. The molecule has 0 N–H and O–H groups in total. The first-order valence-electron chi connectivity index (χ1n) is 11.7. The van der Waals surface area contributed by atoms with Crippen LogP contribution in [-0.2, 0) is 19.1 Å². The second-order valence-corrected chi connectivity index (χ2v) is 9.27. The number of fused-ring (bicyclic) bond motifs is 1. The Kier molecular flexibility index (Phi) is 6.87. The molecule has 1 heterocycles. The summed E-state index contributed by atoms with van der Waals surface area (Å²) in [5, 5.41) is 0.452. The van der Waals surface area contributed by atoms with Gasteiger partial charge in [0.1, 0.15) is 18.0 Å². The molecule has 0 bridgehead atoms. The Morgan fingerprint density at radius 2 is 1.69 bits per heavy atom. The van der Waals surface area contributed by atoms with Gasteiger partial charge in [-0.25, -0.2) is 9.59 Å². The standard InChI is InChI=1S/C29H23ClO6/c30-21-7-4-8-22(15-21)34-27(31)14-13-23-24-16-28(32)35-26(24)17-25(23)36-29(33)20-11-9-19(10-12-20)18-5-2-1-3-6-18/h1-15,23-26H,16-17H2/b14-13+. The third-order valence-electron chi connectivity index (χ3n) is 6.51. The van der Waals surface area contributed by atoms with Crippen molar-refractivity contribution in [3.8, 4) is 16.9 Å². The number of carbonyl (C=O) groups excluding carboxylic acids is 3. The minimum absolute atomic E-state index is 0.175. The van der Waals surface area contributed by atoms with Crippen LogP contribution in [0.15, 0.2) is 91.0 Å². The number of ether oxygens (including phenoxy) is 3. The van der Waals surface area contributed by atoms with E-state index < -0.39 is 18.0 Å². The van der Waals surface area contributed by atoms with Gasteiger partial charge in [0.05, 0.1) is 12.0 Å². The van der Waals surface area contributed by atoms with E-state index in [1.807, 2.05) is 42.5 Å². The molecule has 0 amide bonds. The molecule has 182 valence electrons. The van der Waals surface area contributed by atoms with Crippen molar-refractivity contribution in [1.82, 2.24) is 0 Å². The molecule has 1 saturated heterocycles. The Morgan fingerprint density at radius 3 is 2.44 bits per heavy atom. The molecule has 3 aromatic carbocycles. The van der Waals surface area contributed by atoms with Gasteiger partial charge in [0, 0.05) is 29.4 Å². The predicted octanol–water partition coefficient (Wildman–Crippen LogP) is 5.65. The third kappa shape index (κ3) is 5.34. The Morgan fingerprint density at radius 1 is 0.944 bits per heavy atom. The lowest BCUT2D eigenvalue weighted by molar-refractivity contribution is -0.141. The van der Waals surface area contributed by atoms with Crippen molar-refractivity contribution < 1.29 is 28.6 Å². The summed E-state index contributed by atoms with van der Waals surface area (Å²) in [4.78, 5) is 37.2. The average Bonchev–Trinajstić information content (AvgIpc) is 3.38. The van der Waals surface area contributed by atoms with E-state index in [-0.39, 0.29) is 30.3 Å². The van der Waals surface area contributed by atoms with E-state index in [4.69, 9.17) is 25.8 Å². The van der Waals surface area contributed by atoms with Gasteiger partial charge in [0.25, 0.3) is 0 Å². The highest BCUT2D eigenvalue weighted by Gasteiger charge is 2.50. The van der Waals surface area contributed by atoms with Crippen molar-refractivity contribution in [3.63, 3.8) is 0 Å². The molecule has 0 radical (unpaired) electrons. The van der Waals surface area contributed by atoms with Crippen LogP contribution in [0.5, 0.6) is 5.75 Å². The monoisotopic (exact) mass is 502 g/mol. The van der Waals surface area contributed by atoms with Gasteiger partial charge in [0.15, 0.2) is 0 Å². The average molecular weight is 503 g/mol. The zero-order chi connectivity index (χ0) is 25.1. The summed E-state index contributed by atoms with van der Waals surface area (Å²) in [6.45, 7) is 0. The summed E-state index contributed by atoms with van der Waals surface area (Å²) in [7, 11) is 0. The molecule has 2 fully saturated rings. The fourth-order valence-corrected chi connectivity index (χ4v) is 4.98. The van der Waals surface area contributed by atoms with Crippen molar-refractivity contribution in [1.29, 1.82) is 0 Å². The van der Waals surface area contributed by atoms with E-state index in [0.29, 0.717) is 22.8 Å². The quantitative estimate of drug-likeness (QED) is 0.246. The Bertz CT molecular complexity index is 1300. The molecule has 6 nitrogen and oxygen atoms in total. The van der Waals surface area contributed by atoms with E-state index in [0.717, 1.165) is 11.1 Å². The van der Waals surface area contributed by atoms with Crippen LogP contribution in [0.2, 0.25) is 5.02 Å². The van der Waals surface area contributed by atoms with Crippen LogP contribution in [0.3, 0.4) is 0 Å². The van der Waals surface area contributed by atoms with E-state index in [9.17, 15) is 14.4 Å². The van der Waals surface area contributed by atoms with Gasteiger partial charge < -0.3 is 14.2 Å². The number of hydrogen-bond acceptors (Lipinski definition) is 6. The van der Waals surface area contributed by atoms with Crippen molar-refractivity contribution in [2.45, 2.75) is 25.0 Å². The van der Waals surface area contributed by atoms with Crippen molar-refractivity contribution >= 4 is 29.5 Å². The van der Waals surface area contributed by atoms with Crippen LogP contribution < -0.4 is 4.74 Å². The highest BCUT2D eigenvalue weighted by molar-refractivity contribution is 6.30. The number of esters is 3. The molecule has 36 heavy (non-hydrogen) atoms. The van der Waals surface area contributed by atoms with E-state index in [2.05, 4.69) is 0 Å². The fraction of sp³-hybridized carbons (Fsp3) is 0.207.